The van der Waals surface area contributed by atoms with Crippen molar-refractivity contribution >= 4 is 21.6 Å². The maximum atomic E-state index is 13.4. The van der Waals surface area contributed by atoms with Crippen molar-refractivity contribution in [1.29, 1.82) is 0 Å². The number of hydrogen-bond donors (Lipinski definition) is 1. The number of sulfonamides is 1. The number of amides is 1. The Morgan fingerprint density at radius 1 is 1.09 bits per heavy atom. The first-order chi connectivity index (χ1) is 15.5. The molecular formula is C23H31N3O5S. The predicted octanol–water partition coefficient (Wildman–Crippen LogP) is 2.12. The SMILES string of the molecule is CCOc1ccccc1N(CC(=O)NCCCN1CCOCC1)S(=O)(=O)c1ccccc1. The fourth-order valence-electron chi connectivity index (χ4n) is 3.50. The van der Waals surface area contributed by atoms with Crippen LogP contribution >= 0.6 is 0 Å². The van der Waals surface area contributed by atoms with Crippen LogP contribution in [0.1, 0.15) is 13.3 Å². The largest absolute Gasteiger partial charge is 0.492 e. The van der Waals surface area contributed by atoms with E-state index in [1.807, 2.05) is 6.92 Å². The number of ether oxygens (including phenoxy) is 2. The van der Waals surface area contributed by atoms with Gasteiger partial charge >= 0.3 is 0 Å². The molecule has 1 N–H and O–H groups in total. The van der Waals surface area contributed by atoms with Crippen LogP contribution in [0, 0.1) is 0 Å². The summed E-state index contributed by atoms with van der Waals surface area (Å²) < 4.78 is 39.0. The van der Waals surface area contributed by atoms with Gasteiger partial charge in [-0.05, 0) is 44.2 Å². The molecule has 0 radical (unpaired) electrons. The molecule has 0 aromatic heterocycles. The van der Waals surface area contributed by atoms with Crippen molar-refractivity contribution in [1.82, 2.24) is 10.2 Å². The van der Waals surface area contributed by atoms with E-state index >= 15 is 0 Å². The van der Waals surface area contributed by atoms with E-state index in [-0.39, 0.29) is 17.3 Å². The van der Waals surface area contributed by atoms with Crippen LogP contribution in [-0.2, 0) is 19.6 Å². The van der Waals surface area contributed by atoms with Gasteiger partial charge in [-0.15, -0.1) is 0 Å². The Labute approximate surface area is 190 Å². The second kappa shape index (κ2) is 11.8. The van der Waals surface area contributed by atoms with Crippen LogP contribution < -0.4 is 14.4 Å². The third-order valence-corrected chi connectivity index (χ3v) is 6.90. The predicted molar refractivity (Wildman–Crippen MR) is 123 cm³/mol. The Kier molecular flexibility index (Phi) is 8.90. The van der Waals surface area contributed by atoms with Gasteiger partial charge in [0.1, 0.15) is 12.3 Å². The number of benzene rings is 2. The number of rotatable bonds is 11. The maximum Gasteiger partial charge on any atom is 0.264 e. The molecule has 1 aliphatic heterocycles. The van der Waals surface area contributed by atoms with Gasteiger partial charge in [0.05, 0.1) is 30.4 Å². The highest BCUT2D eigenvalue weighted by Crippen LogP contribution is 2.32. The lowest BCUT2D eigenvalue weighted by atomic mass is 10.3. The van der Waals surface area contributed by atoms with Gasteiger partial charge in [-0.1, -0.05) is 30.3 Å². The molecule has 8 nitrogen and oxygen atoms in total. The van der Waals surface area contributed by atoms with Gasteiger partial charge in [0.2, 0.25) is 5.91 Å². The Morgan fingerprint density at radius 3 is 2.50 bits per heavy atom. The molecule has 0 saturated carbocycles. The minimum Gasteiger partial charge on any atom is -0.492 e. The van der Waals surface area contributed by atoms with Crippen molar-refractivity contribution < 1.29 is 22.7 Å². The van der Waals surface area contributed by atoms with Gasteiger partial charge in [0.15, 0.2) is 0 Å². The first kappa shape index (κ1) is 24.0. The zero-order valence-electron chi connectivity index (χ0n) is 18.4. The molecule has 1 saturated heterocycles. The molecule has 32 heavy (non-hydrogen) atoms. The third kappa shape index (κ3) is 6.44. The summed E-state index contributed by atoms with van der Waals surface area (Å²) in [6, 6.07) is 15.0. The van der Waals surface area contributed by atoms with Crippen molar-refractivity contribution in [3.63, 3.8) is 0 Å². The first-order valence-electron chi connectivity index (χ1n) is 10.9. The summed E-state index contributed by atoms with van der Waals surface area (Å²) in [5.41, 5.74) is 0.335. The van der Waals surface area contributed by atoms with Crippen LogP contribution in [0.15, 0.2) is 59.5 Å². The van der Waals surface area contributed by atoms with Gasteiger partial charge < -0.3 is 14.8 Å². The third-order valence-electron chi connectivity index (χ3n) is 5.13. The summed E-state index contributed by atoms with van der Waals surface area (Å²) in [4.78, 5) is 15.1. The van der Waals surface area contributed by atoms with Gasteiger partial charge in [-0.2, -0.15) is 0 Å². The fraction of sp³-hybridized carbons (Fsp3) is 0.435. The summed E-state index contributed by atoms with van der Waals surface area (Å²) in [5, 5.41) is 2.85. The molecule has 1 amide bonds. The van der Waals surface area contributed by atoms with Crippen molar-refractivity contribution in [2.75, 3.05) is 56.8 Å². The fourth-order valence-corrected chi connectivity index (χ4v) is 4.95. The summed E-state index contributed by atoms with van der Waals surface area (Å²) in [5.74, 6) is 0.0485. The molecule has 9 heteroatoms. The van der Waals surface area contributed by atoms with Crippen LogP contribution in [0.4, 0.5) is 5.69 Å². The standard InChI is InChI=1S/C23H31N3O5S/c1-2-31-22-12-7-6-11-21(22)26(32(28,29)20-9-4-3-5-10-20)19-23(27)24-13-8-14-25-15-17-30-18-16-25/h3-7,9-12H,2,8,13-19H2,1H3,(H,24,27). The van der Waals surface area contributed by atoms with E-state index in [1.54, 1.807) is 42.5 Å². The highest BCUT2D eigenvalue weighted by Gasteiger charge is 2.29. The van der Waals surface area contributed by atoms with Crippen LogP contribution in [-0.4, -0.2) is 71.8 Å². The Morgan fingerprint density at radius 2 is 1.78 bits per heavy atom. The minimum absolute atomic E-state index is 0.117. The molecule has 1 heterocycles. The number of anilines is 1. The maximum absolute atomic E-state index is 13.4. The normalized spacial score (nSPS) is 14.7. The average Bonchev–Trinajstić information content (AvgIpc) is 2.82. The molecule has 1 aliphatic rings. The second-order valence-electron chi connectivity index (χ2n) is 7.38. The lowest BCUT2D eigenvalue weighted by Gasteiger charge is -2.27. The number of carbonyl (C=O) groups excluding carboxylic acids is 1. The monoisotopic (exact) mass is 461 g/mol. The molecule has 174 valence electrons. The molecule has 0 bridgehead atoms. The van der Waals surface area contributed by atoms with Crippen molar-refractivity contribution in [2.45, 2.75) is 18.2 Å². The number of carbonyl (C=O) groups is 1. The van der Waals surface area contributed by atoms with E-state index in [4.69, 9.17) is 9.47 Å². The molecule has 2 aromatic rings. The summed E-state index contributed by atoms with van der Waals surface area (Å²) >= 11 is 0. The highest BCUT2D eigenvalue weighted by molar-refractivity contribution is 7.92. The zero-order valence-corrected chi connectivity index (χ0v) is 19.2. The Balaban J connectivity index is 1.72. The molecule has 2 aromatic carbocycles. The van der Waals surface area contributed by atoms with Crippen molar-refractivity contribution in [2.24, 2.45) is 0 Å². The lowest BCUT2D eigenvalue weighted by Crippen LogP contribution is -2.42. The van der Waals surface area contributed by atoms with E-state index in [9.17, 15) is 13.2 Å². The topological polar surface area (TPSA) is 88.2 Å². The van der Waals surface area contributed by atoms with Gasteiger partial charge in [0, 0.05) is 19.6 Å². The number of nitrogens with zero attached hydrogens (tertiary/aromatic N) is 2. The number of nitrogens with one attached hydrogen (secondary N) is 1. The van der Waals surface area contributed by atoms with Gasteiger partial charge in [-0.3, -0.25) is 14.0 Å². The molecule has 0 unspecified atom stereocenters. The van der Waals surface area contributed by atoms with Crippen LogP contribution in [0.3, 0.4) is 0 Å². The number of hydrogen-bond acceptors (Lipinski definition) is 6. The lowest BCUT2D eigenvalue weighted by molar-refractivity contribution is -0.119. The molecule has 0 spiro atoms. The number of morpholine rings is 1. The van der Waals surface area contributed by atoms with E-state index in [0.717, 1.165) is 43.6 Å². The van der Waals surface area contributed by atoms with Gasteiger partial charge in [-0.25, -0.2) is 8.42 Å². The van der Waals surface area contributed by atoms with E-state index in [1.165, 1.54) is 12.1 Å². The molecule has 0 atom stereocenters. The molecule has 3 rings (SSSR count). The summed E-state index contributed by atoms with van der Waals surface area (Å²) in [6.45, 7) is 6.47. The summed E-state index contributed by atoms with van der Waals surface area (Å²) in [7, 11) is -3.97. The van der Waals surface area contributed by atoms with Crippen LogP contribution in [0.5, 0.6) is 5.75 Å². The number of para-hydroxylation sites is 2. The van der Waals surface area contributed by atoms with Crippen molar-refractivity contribution in [3.05, 3.63) is 54.6 Å². The first-order valence-corrected chi connectivity index (χ1v) is 12.3. The summed E-state index contributed by atoms with van der Waals surface area (Å²) in [6.07, 6.45) is 0.784. The quantitative estimate of drug-likeness (QED) is 0.516. The molecule has 1 fully saturated rings. The Hall–Kier alpha value is -2.62. The smallest absolute Gasteiger partial charge is 0.264 e. The van der Waals surface area contributed by atoms with Crippen LogP contribution in [0.25, 0.3) is 0 Å². The minimum atomic E-state index is -3.97. The van der Waals surface area contributed by atoms with E-state index < -0.39 is 10.0 Å². The highest BCUT2D eigenvalue weighted by atomic mass is 32.2. The Bertz CT molecular complexity index is 963. The second-order valence-corrected chi connectivity index (χ2v) is 9.25. The van der Waals surface area contributed by atoms with E-state index in [0.29, 0.717) is 24.6 Å². The van der Waals surface area contributed by atoms with Crippen LogP contribution in [0.2, 0.25) is 0 Å². The molecular weight excluding hydrogens is 430 g/mol. The van der Waals surface area contributed by atoms with E-state index in [2.05, 4.69) is 10.2 Å². The zero-order chi connectivity index (χ0) is 22.8. The van der Waals surface area contributed by atoms with Crippen molar-refractivity contribution in [3.8, 4) is 5.75 Å². The molecule has 0 aliphatic carbocycles. The van der Waals surface area contributed by atoms with Gasteiger partial charge in [0.25, 0.3) is 10.0 Å². The average molecular weight is 462 g/mol.